The van der Waals surface area contributed by atoms with E-state index in [0.717, 1.165) is 12.8 Å². The van der Waals surface area contributed by atoms with E-state index in [0.29, 0.717) is 40.7 Å². The van der Waals surface area contributed by atoms with Gasteiger partial charge in [-0.15, -0.1) is 0 Å². The van der Waals surface area contributed by atoms with Crippen LogP contribution in [0.2, 0.25) is 5.02 Å². The van der Waals surface area contributed by atoms with Crippen molar-refractivity contribution in [2.24, 2.45) is 9.36 Å². The van der Waals surface area contributed by atoms with E-state index >= 15 is 4.39 Å². The Kier molecular flexibility index (Phi) is 6.27. The molecular formula is C24H24ClFN6O4S. The SMILES string of the molecule is CN=[S@]1(=O)C[C@@](C)(c2cc(-c3cc(-c4ncc(Cl)cn4)no3)ccc2F)N=C(NC(=O)O)C12CCCC2. The molecule has 1 fully saturated rings. The van der Waals surface area contributed by atoms with E-state index in [9.17, 15) is 14.1 Å². The average molecular weight is 547 g/mol. The molecule has 2 aliphatic rings. The fourth-order valence-electron chi connectivity index (χ4n) is 5.23. The minimum Gasteiger partial charge on any atom is -0.465 e. The number of benzene rings is 1. The molecule has 2 atom stereocenters. The second-order valence-corrected chi connectivity index (χ2v) is 12.5. The zero-order valence-electron chi connectivity index (χ0n) is 20.1. The number of amidine groups is 1. The number of halogens is 2. The van der Waals surface area contributed by atoms with Crippen molar-refractivity contribution in [3.63, 3.8) is 0 Å². The number of hydrogen-bond acceptors (Lipinski definition) is 8. The van der Waals surface area contributed by atoms with Crippen molar-refractivity contribution in [2.75, 3.05) is 12.8 Å². The van der Waals surface area contributed by atoms with Gasteiger partial charge in [-0.2, -0.15) is 0 Å². The van der Waals surface area contributed by atoms with Crippen molar-refractivity contribution < 1.29 is 23.0 Å². The zero-order chi connectivity index (χ0) is 26.4. The third-order valence-electron chi connectivity index (χ3n) is 7.00. The van der Waals surface area contributed by atoms with E-state index in [1.165, 1.54) is 31.6 Å². The Hall–Kier alpha value is -3.38. The molecule has 1 amide bonds. The topological polar surface area (TPSA) is 143 Å². The first kappa shape index (κ1) is 25.3. The Labute approximate surface area is 217 Å². The van der Waals surface area contributed by atoms with E-state index in [-0.39, 0.29) is 17.2 Å². The standard InChI is InChI=1S/C24H24ClFN6O4S/c1-23(13-37(35,27-2)24(7-3-4-8-24)21(31-23)30-22(33)34)16-9-14(5-6-17(16)26)19-10-18(32-36-19)20-28-11-15(25)12-29-20/h5-6,9-12H,3-4,7-8,13H2,1-2H3,(H,30,31)(H,33,34)/t23-,37-/m0/s1. The highest BCUT2D eigenvalue weighted by molar-refractivity contribution is 7.95. The lowest BCUT2D eigenvalue weighted by Gasteiger charge is -2.43. The summed E-state index contributed by atoms with van der Waals surface area (Å²) in [6.07, 6.45) is 4.10. The van der Waals surface area contributed by atoms with Gasteiger partial charge in [0.05, 0.1) is 20.5 Å². The molecule has 3 aromatic rings. The number of nitrogens with one attached hydrogen (secondary N) is 1. The molecule has 0 unspecified atom stereocenters. The molecule has 0 bridgehead atoms. The lowest BCUT2D eigenvalue weighted by Crippen LogP contribution is -2.59. The summed E-state index contributed by atoms with van der Waals surface area (Å²) in [6.45, 7) is 1.64. The number of amides is 1. The summed E-state index contributed by atoms with van der Waals surface area (Å²) in [5, 5.41) is 16.3. The number of aliphatic imine (C=N–C) groups is 1. The lowest BCUT2D eigenvalue weighted by molar-refractivity contribution is 0.199. The van der Waals surface area contributed by atoms with E-state index in [1.807, 2.05) is 0 Å². The molecule has 194 valence electrons. The maximum Gasteiger partial charge on any atom is 0.410 e. The third-order valence-corrected chi connectivity index (χ3v) is 10.6. The van der Waals surface area contributed by atoms with Crippen LogP contribution in [0.1, 0.15) is 38.2 Å². The second-order valence-electron chi connectivity index (χ2n) is 9.33. The molecular weight excluding hydrogens is 523 g/mol. The van der Waals surface area contributed by atoms with Crippen molar-refractivity contribution >= 4 is 33.3 Å². The Morgan fingerprint density at radius 1 is 1.24 bits per heavy atom. The van der Waals surface area contributed by atoms with Crippen LogP contribution in [0.25, 0.3) is 22.8 Å². The van der Waals surface area contributed by atoms with E-state index in [1.54, 1.807) is 19.1 Å². The molecule has 1 aliphatic heterocycles. The van der Waals surface area contributed by atoms with Crippen molar-refractivity contribution in [3.8, 4) is 22.8 Å². The molecule has 1 saturated carbocycles. The van der Waals surface area contributed by atoms with Gasteiger partial charge in [-0.1, -0.05) is 29.6 Å². The Bertz CT molecular complexity index is 1530. The van der Waals surface area contributed by atoms with Gasteiger partial charge in [-0.05, 0) is 38.0 Å². The Morgan fingerprint density at radius 3 is 2.59 bits per heavy atom. The van der Waals surface area contributed by atoms with Crippen LogP contribution >= 0.6 is 11.6 Å². The summed E-state index contributed by atoms with van der Waals surface area (Å²) in [5.41, 5.74) is -0.359. The average Bonchev–Trinajstić information content (AvgIpc) is 3.55. The first-order valence-corrected chi connectivity index (χ1v) is 13.6. The van der Waals surface area contributed by atoms with Gasteiger partial charge in [-0.25, -0.2) is 27.7 Å². The number of carbonyl (C=O) groups is 1. The predicted molar refractivity (Wildman–Crippen MR) is 136 cm³/mol. The van der Waals surface area contributed by atoms with Gasteiger partial charge in [0.1, 0.15) is 21.9 Å². The number of nitrogens with zero attached hydrogens (tertiary/aromatic N) is 5. The first-order valence-electron chi connectivity index (χ1n) is 11.6. The summed E-state index contributed by atoms with van der Waals surface area (Å²) in [7, 11) is -1.54. The normalized spacial score (nSPS) is 24.6. The maximum atomic E-state index is 15.3. The van der Waals surface area contributed by atoms with E-state index < -0.39 is 31.9 Å². The zero-order valence-corrected chi connectivity index (χ0v) is 21.6. The van der Waals surface area contributed by atoms with Gasteiger partial charge in [0.2, 0.25) is 0 Å². The molecule has 10 nitrogen and oxygen atoms in total. The van der Waals surface area contributed by atoms with E-state index in [4.69, 9.17) is 21.1 Å². The largest absolute Gasteiger partial charge is 0.465 e. The minimum atomic E-state index is -3.01. The number of carboxylic acid groups (broad SMARTS) is 1. The number of rotatable bonds is 3. The molecule has 1 aliphatic carbocycles. The molecule has 1 spiro atoms. The highest BCUT2D eigenvalue weighted by atomic mass is 35.5. The highest BCUT2D eigenvalue weighted by Gasteiger charge is 2.55. The quantitative estimate of drug-likeness (QED) is 0.475. The van der Waals surface area contributed by atoms with Gasteiger partial charge in [-0.3, -0.25) is 10.3 Å². The molecule has 37 heavy (non-hydrogen) atoms. The molecule has 13 heteroatoms. The third kappa shape index (κ3) is 4.27. The summed E-state index contributed by atoms with van der Waals surface area (Å²) in [4.78, 5) is 24.6. The molecule has 0 radical (unpaired) electrons. The van der Waals surface area contributed by atoms with Crippen LogP contribution in [-0.2, 0) is 15.3 Å². The van der Waals surface area contributed by atoms with Gasteiger partial charge < -0.3 is 9.63 Å². The van der Waals surface area contributed by atoms with Crippen molar-refractivity contribution in [1.29, 1.82) is 0 Å². The molecule has 3 heterocycles. The van der Waals surface area contributed by atoms with Crippen LogP contribution < -0.4 is 5.32 Å². The van der Waals surface area contributed by atoms with Crippen molar-refractivity contribution in [1.82, 2.24) is 20.4 Å². The first-order chi connectivity index (χ1) is 17.6. The number of aromatic nitrogens is 3. The molecule has 5 rings (SSSR count). The maximum absolute atomic E-state index is 15.3. The van der Waals surface area contributed by atoms with Gasteiger partial charge in [0, 0.05) is 36.6 Å². The van der Waals surface area contributed by atoms with Crippen molar-refractivity contribution in [2.45, 2.75) is 42.9 Å². The highest BCUT2D eigenvalue weighted by Crippen LogP contribution is 2.47. The summed E-state index contributed by atoms with van der Waals surface area (Å²) < 4.78 is 38.4. The fourth-order valence-corrected chi connectivity index (χ4v) is 8.39. The monoisotopic (exact) mass is 546 g/mol. The van der Waals surface area contributed by atoms with Crippen LogP contribution in [-0.4, -0.2) is 53.9 Å². The smallest absolute Gasteiger partial charge is 0.410 e. The van der Waals surface area contributed by atoms with Crippen LogP contribution in [0, 0.1) is 5.82 Å². The van der Waals surface area contributed by atoms with Gasteiger partial charge in [0.25, 0.3) is 0 Å². The minimum absolute atomic E-state index is 0.0536. The van der Waals surface area contributed by atoms with Gasteiger partial charge in [0.15, 0.2) is 17.3 Å². The fraction of sp³-hybridized carbons (Fsp3) is 0.375. The van der Waals surface area contributed by atoms with Crippen LogP contribution in [0.5, 0.6) is 0 Å². The van der Waals surface area contributed by atoms with Crippen LogP contribution in [0.3, 0.4) is 0 Å². The molecule has 2 aromatic heterocycles. The summed E-state index contributed by atoms with van der Waals surface area (Å²) >= 11 is 5.85. The second kappa shape index (κ2) is 9.18. The predicted octanol–water partition coefficient (Wildman–Crippen LogP) is 4.90. The van der Waals surface area contributed by atoms with Gasteiger partial charge >= 0.3 is 6.09 Å². The summed E-state index contributed by atoms with van der Waals surface area (Å²) in [6, 6.07) is 5.95. The summed E-state index contributed by atoms with van der Waals surface area (Å²) in [5.74, 6) is 0.0811. The van der Waals surface area contributed by atoms with Crippen LogP contribution in [0.4, 0.5) is 9.18 Å². The lowest BCUT2D eigenvalue weighted by atomic mass is 9.91. The van der Waals surface area contributed by atoms with Crippen LogP contribution in [0.15, 0.2) is 50.5 Å². The molecule has 2 N–H and O–H groups in total. The Balaban J connectivity index is 1.61. The van der Waals surface area contributed by atoms with Crippen molar-refractivity contribution in [3.05, 3.63) is 53.1 Å². The molecule has 0 saturated heterocycles. The molecule has 1 aromatic carbocycles. The number of hydrogen-bond donors (Lipinski definition) is 2. The Morgan fingerprint density at radius 2 is 1.95 bits per heavy atom. The van der Waals surface area contributed by atoms with E-state index in [2.05, 4.69) is 24.8 Å².